The van der Waals surface area contributed by atoms with Crippen molar-refractivity contribution in [3.8, 4) is 0 Å². The molecule has 10 heteroatoms. The third-order valence-corrected chi connectivity index (χ3v) is 7.47. The van der Waals surface area contributed by atoms with Gasteiger partial charge in [0, 0.05) is 22.1 Å². The summed E-state index contributed by atoms with van der Waals surface area (Å²) >= 11 is 4.06. The average Bonchev–Trinajstić information content (AvgIpc) is 2.76. The van der Waals surface area contributed by atoms with Crippen LogP contribution in [0.3, 0.4) is 0 Å². The van der Waals surface area contributed by atoms with Gasteiger partial charge in [0.2, 0.25) is 5.91 Å². The van der Waals surface area contributed by atoms with Crippen LogP contribution in [-0.4, -0.2) is 35.1 Å². The second kappa shape index (κ2) is 12.1. The van der Waals surface area contributed by atoms with E-state index in [0.29, 0.717) is 6.07 Å². The number of amides is 2. The summed E-state index contributed by atoms with van der Waals surface area (Å²) in [5.41, 5.74) is -0.499. The highest BCUT2D eigenvalue weighted by atomic mass is 127. The third-order valence-electron chi connectivity index (χ3n) is 5.81. The van der Waals surface area contributed by atoms with Gasteiger partial charge in [0.05, 0.1) is 5.54 Å². The van der Waals surface area contributed by atoms with Crippen LogP contribution in [0.1, 0.15) is 51.2 Å². The lowest BCUT2D eigenvalue weighted by molar-refractivity contribution is -0.123. The van der Waals surface area contributed by atoms with Crippen LogP contribution >= 0.6 is 34.4 Å². The highest BCUT2D eigenvalue weighted by Gasteiger charge is 2.36. The Bertz CT molecular complexity index is 1100. The van der Waals surface area contributed by atoms with Crippen LogP contribution in [0.4, 0.5) is 18.0 Å². The SMILES string of the molecule is CC(C)(C)OC(=O)N[C@@H](CC(=O)NC1(c2cccc(I)c2)CCSCC1)Cc1cc(F)c(F)cc1F. The fourth-order valence-corrected chi connectivity index (χ4v) is 5.90. The molecule has 2 aromatic carbocycles. The predicted molar refractivity (Wildman–Crippen MR) is 143 cm³/mol. The van der Waals surface area contributed by atoms with E-state index in [-0.39, 0.29) is 24.3 Å². The van der Waals surface area contributed by atoms with Crippen molar-refractivity contribution in [2.75, 3.05) is 11.5 Å². The maximum atomic E-state index is 14.4. The molecular formula is C26H30F3IN2O3S. The van der Waals surface area contributed by atoms with E-state index >= 15 is 0 Å². The molecule has 5 nitrogen and oxygen atoms in total. The molecule has 2 N–H and O–H groups in total. The molecule has 2 aromatic rings. The maximum Gasteiger partial charge on any atom is 0.407 e. The van der Waals surface area contributed by atoms with Crippen molar-refractivity contribution in [2.24, 2.45) is 0 Å². The summed E-state index contributed by atoms with van der Waals surface area (Å²) in [6.45, 7) is 5.07. The number of hydrogen-bond donors (Lipinski definition) is 2. The van der Waals surface area contributed by atoms with Gasteiger partial charge in [-0.1, -0.05) is 12.1 Å². The van der Waals surface area contributed by atoms with Crippen LogP contribution in [0.15, 0.2) is 36.4 Å². The zero-order valence-corrected chi connectivity index (χ0v) is 23.4. The first-order valence-corrected chi connectivity index (χ1v) is 13.9. The van der Waals surface area contributed by atoms with Gasteiger partial charge in [-0.05, 0) is 103 Å². The van der Waals surface area contributed by atoms with Crippen LogP contribution < -0.4 is 10.6 Å². The number of hydrogen-bond acceptors (Lipinski definition) is 4. The van der Waals surface area contributed by atoms with Crippen molar-refractivity contribution in [1.82, 2.24) is 10.6 Å². The minimum Gasteiger partial charge on any atom is -0.444 e. The normalized spacial score (nSPS) is 16.2. The van der Waals surface area contributed by atoms with Gasteiger partial charge in [0.1, 0.15) is 11.4 Å². The van der Waals surface area contributed by atoms with Gasteiger partial charge in [-0.2, -0.15) is 11.8 Å². The largest absolute Gasteiger partial charge is 0.444 e. The molecule has 2 amide bonds. The van der Waals surface area contributed by atoms with Gasteiger partial charge in [0.15, 0.2) is 11.6 Å². The zero-order chi connectivity index (χ0) is 26.5. The van der Waals surface area contributed by atoms with Crippen molar-refractivity contribution in [1.29, 1.82) is 0 Å². The molecule has 1 aliphatic rings. The van der Waals surface area contributed by atoms with Crippen molar-refractivity contribution in [3.05, 3.63) is 68.5 Å². The number of rotatable bonds is 7. The minimum absolute atomic E-state index is 0.149. The Morgan fingerprint density at radius 1 is 1.08 bits per heavy atom. The molecule has 36 heavy (non-hydrogen) atoms. The number of thioether (sulfide) groups is 1. The molecule has 1 saturated heterocycles. The van der Waals surface area contributed by atoms with E-state index in [9.17, 15) is 22.8 Å². The molecule has 3 rings (SSSR count). The Morgan fingerprint density at radius 2 is 1.75 bits per heavy atom. The number of carbonyl (C=O) groups is 2. The van der Waals surface area contributed by atoms with Crippen LogP contribution in [0.5, 0.6) is 0 Å². The Morgan fingerprint density at radius 3 is 2.39 bits per heavy atom. The van der Waals surface area contributed by atoms with Crippen LogP contribution in [0.2, 0.25) is 0 Å². The summed E-state index contributed by atoms with van der Waals surface area (Å²) in [5, 5.41) is 5.78. The first kappa shape index (κ1) is 28.6. The third kappa shape index (κ3) is 8.03. The molecule has 0 bridgehead atoms. The fourth-order valence-electron chi connectivity index (χ4n) is 4.17. The predicted octanol–water partition coefficient (Wildman–Crippen LogP) is 6.07. The lowest BCUT2D eigenvalue weighted by atomic mass is 9.84. The molecule has 1 fully saturated rings. The van der Waals surface area contributed by atoms with E-state index in [1.54, 1.807) is 20.8 Å². The Labute approximate surface area is 227 Å². The number of carbonyl (C=O) groups excluding carboxylic acids is 2. The molecular weight excluding hydrogens is 604 g/mol. The molecule has 0 spiro atoms. The number of ether oxygens (including phenoxy) is 1. The van der Waals surface area contributed by atoms with Gasteiger partial charge in [-0.3, -0.25) is 4.79 Å². The maximum absolute atomic E-state index is 14.4. The summed E-state index contributed by atoms with van der Waals surface area (Å²) in [7, 11) is 0. The number of benzene rings is 2. The van der Waals surface area contributed by atoms with Crippen molar-refractivity contribution in [3.63, 3.8) is 0 Å². The Balaban J connectivity index is 1.82. The van der Waals surface area contributed by atoms with E-state index in [4.69, 9.17) is 4.74 Å². The molecule has 0 unspecified atom stereocenters. The van der Waals surface area contributed by atoms with Crippen molar-refractivity contribution < 1.29 is 27.5 Å². The molecule has 1 atom stereocenters. The highest BCUT2D eigenvalue weighted by Crippen LogP contribution is 2.36. The van der Waals surface area contributed by atoms with Gasteiger partial charge >= 0.3 is 6.09 Å². The Hall–Kier alpha value is -1.95. The van der Waals surface area contributed by atoms with Gasteiger partial charge < -0.3 is 15.4 Å². The van der Waals surface area contributed by atoms with Crippen LogP contribution in [-0.2, 0) is 21.5 Å². The first-order valence-electron chi connectivity index (χ1n) is 11.6. The van der Waals surface area contributed by atoms with Gasteiger partial charge in [-0.15, -0.1) is 0 Å². The zero-order valence-electron chi connectivity index (χ0n) is 20.4. The summed E-state index contributed by atoms with van der Waals surface area (Å²) in [6, 6.07) is 8.26. The lowest BCUT2D eigenvalue weighted by Crippen LogP contribution is -2.50. The fraction of sp³-hybridized carbons (Fsp3) is 0.462. The molecule has 196 valence electrons. The molecule has 1 aliphatic heterocycles. The summed E-state index contributed by atoms with van der Waals surface area (Å²) in [4.78, 5) is 25.8. The molecule has 0 aliphatic carbocycles. The number of alkyl carbamates (subject to hydrolysis) is 1. The van der Waals surface area contributed by atoms with Gasteiger partial charge in [0.25, 0.3) is 0 Å². The van der Waals surface area contributed by atoms with E-state index in [2.05, 4.69) is 33.2 Å². The van der Waals surface area contributed by atoms with Gasteiger partial charge in [-0.25, -0.2) is 18.0 Å². The minimum atomic E-state index is -1.31. The van der Waals surface area contributed by atoms with Crippen LogP contribution in [0.25, 0.3) is 0 Å². The van der Waals surface area contributed by atoms with E-state index in [0.717, 1.165) is 39.5 Å². The monoisotopic (exact) mass is 634 g/mol. The quantitative estimate of drug-likeness (QED) is 0.287. The van der Waals surface area contributed by atoms with E-state index in [1.807, 2.05) is 36.0 Å². The number of halogens is 4. The second-order valence-electron chi connectivity index (χ2n) is 9.86. The summed E-state index contributed by atoms with van der Waals surface area (Å²) < 4.78 is 48.0. The van der Waals surface area contributed by atoms with Crippen LogP contribution in [0, 0.1) is 21.0 Å². The van der Waals surface area contributed by atoms with Crippen molar-refractivity contribution >= 4 is 46.4 Å². The Kier molecular flexibility index (Phi) is 9.59. The lowest BCUT2D eigenvalue weighted by Gasteiger charge is -2.39. The van der Waals surface area contributed by atoms with E-state index in [1.165, 1.54) is 0 Å². The number of nitrogens with one attached hydrogen (secondary N) is 2. The molecule has 0 radical (unpaired) electrons. The average molecular weight is 635 g/mol. The summed E-state index contributed by atoms with van der Waals surface area (Å²) in [5.74, 6) is -2.05. The smallest absolute Gasteiger partial charge is 0.407 e. The van der Waals surface area contributed by atoms with Crippen molar-refractivity contribution in [2.45, 2.75) is 63.6 Å². The highest BCUT2D eigenvalue weighted by molar-refractivity contribution is 14.1. The van der Waals surface area contributed by atoms with E-state index < -0.39 is 40.7 Å². The summed E-state index contributed by atoms with van der Waals surface area (Å²) in [6.07, 6.45) is 0.277. The first-order chi connectivity index (χ1) is 16.9. The topological polar surface area (TPSA) is 67.4 Å². The standard InChI is InChI=1S/C26H30F3IN2O3S/c1-25(2,3)35-24(34)31-19(11-16-12-21(28)22(29)15-20(16)27)14-23(33)32-26(7-9-36-10-8-26)17-5-4-6-18(30)13-17/h4-6,12-13,15,19H,7-11,14H2,1-3H3,(H,31,34)(H,32,33)/t19-/m1/s1. The second-order valence-corrected chi connectivity index (χ2v) is 12.3. The molecule has 0 aromatic heterocycles. The molecule has 1 heterocycles. The molecule has 0 saturated carbocycles.